The molecule has 0 aliphatic heterocycles. The normalized spacial score (nSPS) is 11.2. The van der Waals surface area contributed by atoms with Crippen molar-refractivity contribution in [1.29, 1.82) is 5.26 Å². The summed E-state index contributed by atoms with van der Waals surface area (Å²) in [6.45, 7) is 5.35. The third-order valence-corrected chi connectivity index (χ3v) is 3.06. The lowest BCUT2D eigenvalue weighted by Gasteiger charge is -2.18. The van der Waals surface area contributed by atoms with Gasteiger partial charge in [-0.25, -0.2) is 9.79 Å². The second kappa shape index (κ2) is 7.70. The Morgan fingerprint density at radius 3 is 2.73 bits per heavy atom. The van der Waals surface area contributed by atoms with Crippen LogP contribution in [-0.4, -0.2) is 47.2 Å². The second-order valence-electron chi connectivity index (χ2n) is 6.85. The first-order valence-corrected chi connectivity index (χ1v) is 7.98. The van der Waals surface area contributed by atoms with Crippen LogP contribution in [0.1, 0.15) is 26.3 Å². The molecule has 0 aliphatic rings. The maximum atomic E-state index is 11.8. The number of nitriles is 1. The van der Waals surface area contributed by atoms with Gasteiger partial charge in [-0.3, -0.25) is 10.4 Å². The van der Waals surface area contributed by atoms with E-state index in [9.17, 15) is 10.1 Å². The summed E-state index contributed by atoms with van der Waals surface area (Å²) in [5.74, 6) is 0.336. The Hall–Kier alpha value is -3.34. The molecular formula is C18H22N6O2. The molecule has 0 fully saturated rings. The van der Waals surface area contributed by atoms with E-state index < -0.39 is 11.7 Å². The first kappa shape index (κ1) is 19.0. The summed E-state index contributed by atoms with van der Waals surface area (Å²) in [5.41, 5.74) is 1.85. The number of aromatic nitrogens is 2. The molecule has 2 N–H and O–H groups in total. The van der Waals surface area contributed by atoms with Gasteiger partial charge in [0.25, 0.3) is 0 Å². The molecular weight excluding hydrogens is 332 g/mol. The van der Waals surface area contributed by atoms with E-state index in [2.05, 4.69) is 26.6 Å². The van der Waals surface area contributed by atoms with Gasteiger partial charge in [0.15, 0.2) is 5.82 Å². The Morgan fingerprint density at radius 2 is 2.12 bits per heavy atom. The SMILES string of the molecule is CN(C)C=Nc1ccc(-c2cc(NC(=O)OC(C)(C)C)n[nH]2)cc1C#N. The van der Waals surface area contributed by atoms with Crippen molar-refractivity contribution in [3.8, 4) is 17.3 Å². The first-order valence-electron chi connectivity index (χ1n) is 7.98. The van der Waals surface area contributed by atoms with Gasteiger partial charge in [0.2, 0.25) is 0 Å². The number of nitrogens with one attached hydrogen (secondary N) is 2. The second-order valence-corrected chi connectivity index (χ2v) is 6.85. The molecule has 2 rings (SSSR count). The lowest BCUT2D eigenvalue weighted by atomic mass is 10.1. The number of carbonyl (C=O) groups excluding carboxylic acids is 1. The highest BCUT2D eigenvalue weighted by molar-refractivity contribution is 5.84. The lowest BCUT2D eigenvalue weighted by Crippen LogP contribution is -2.27. The maximum absolute atomic E-state index is 11.8. The first-order chi connectivity index (χ1) is 12.2. The highest BCUT2D eigenvalue weighted by atomic mass is 16.6. The number of benzene rings is 1. The molecule has 0 aliphatic carbocycles. The fourth-order valence-electron chi connectivity index (χ4n) is 2.03. The van der Waals surface area contributed by atoms with Crippen LogP contribution < -0.4 is 5.32 Å². The van der Waals surface area contributed by atoms with E-state index in [4.69, 9.17) is 4.74 Å². The predicted molar refractivity (Wildman–Crippen MR) is 100 cm³/mol. The maximum Gasteiger partial charge on any atom is 0.413 e. The van der Waals surface area contributed by atoms with Crippen LogP contribution in [0.3, 0.4) is 0 Å². The zero-order valence-electron chi connectivity index (χ0n) is 15.5. The molecule has 0 spiro atoms. The van der Waals surface area contributed by atoms with Crippen LogP contribution in [0.2, 0.25) is 0 Å². The van der Waals surface area contributed by atoms with E-state index in [1.165, 1.54) is 0 Å². The van der Waals surface area contributed by atoms with Crippen molar-refractivity contribution in [2.45, 2.75) is 26.4 Å². The van der Waals surface area contributed by atoms with Crippen LogP contribution >= 0.6 is 0 Å². The topological polar surface area (TPSA) is 106 Å². The van der Waals surface area contributed by atoms with Gasteiger partial charge in [-0.2, -0.15) is 10.4 Å². The van der Waals surface area contributed by atoms with E-state index in [1.807, 2.05) is 20.2 Å². The summed E-state index contributed by atoms with van der Waals surface area (Å²) in [6, 6.07) is 9.11. The minimum atomic E-state index is -0.589. The molecule has 1 aromatic carbocycles. The van der Waals surface area contributed by atoms with Gasteiger partial charge in [-0.05, 0) is 32.9 Å². The monoisotopic (exact) mass is 354 g/mol. The van der Waals surface area contributed by atoms with Gasteiger partial charge in [-0.15, -0.1) is 0 Å². The molecule has 1 heterocycles. The number of carbonyl (C=O) groups is 1. The number of ether oxygens (including phenoxy) is 1. The number of H-pyrrole nitrogens is 1. The number of aliphatic imine (C=N–C) groups is 1. The number of aromatic amines is 1. The van der Waals surface area contributed by atoms with Crippen LogP contribution in [0.25, 0.3) is 11.3 Å². The van der Waals surface area contributed by atoms with Gasteiger partial charge in [0.05, 0.1) is 23.3 Å². The van der Waals surface area contributed by atoms with Gasteiger partial charge in [0, 0.05) is 25.7 Å². The van der Waals surface area contributed by atoms with Crippen LogP contribution in [-0.2, 0) is 4.74 Å². The summed E-state index contributed by atoms with van der Waals surface area (Å²) in [6.07, 6.45) is 1.05. The van der Waals surface area contributed by atoms with E-state index in [0.717, 1.165) is 5.56 Å². The summed E-state index contributed by atoms with van der Waals surface area (Å²) < 4.78 is 5.19. The third kappa shape index (κ3) is 5.34. The molecule has 0 unspecified atom stereocenters. The molecule has 26 heavy (non-hydrogen) atoms. The van der Waals surface area contributed by atoms with Crippen molar-refractivity contribution in [2.24, 2.45) is 4.99 Å². The molecule has 0 atom stereocenters. The molecule has 0 radical (unpaired) electrons. The molecule has 0 saturated heterocycles. The number of nitrogens with zero attached hydrogens (tertiary/aromatic N) is 4. The van der Waals surface area contributed by atoms with Crippen molar-refractivity contribution in [3.05, 3.63) is 29.8 Å². The summed E-state index contributed by atoms with van der Waals surface area (Å²) in [5, 5.41) is 18.8. The fraction of sp³-hybridized carbons (Fsp3) is 0.333. The van der Waals surface area contributed by atoms with Crippen molar-refractivity contribution < 1.29 is 9.53 Å². The molecule has 0 saturated carbocycles. The molecule has 2 aromatic rings. The smallest absolute Gasteiger partial charge is 0.413 e. The lowest BCUT2D eigenvalue weighted by molar-refractivity contribution is 0.0635. The Kier molecular flexibility index (Phi) is 5.62. The summed E-state index contributed by atoms with van der Waals surface area (Å²) in [7, 11) is 3.71. The predicted octanol–water partition coefficient (Wildman–Crippen LogP) is 3.52. The van der Waals surface area contributed by atoms with Crippen LogP contribution in [0, 0.1) is 11.3 Å². The molecule has 8 heteroatoms. The number of hydrogen-bond donors (Lipinski definition) is 2. The fourth-order valence-corrected chi connectivity index (χ4v) is 2.03. The largest absolute Gasteiger partial charge is 0.444 e. The standard InChI is InChI=1S/C18H22N6O2/c1-18(2,3)26-17(25)21-16-9-15(22-23-16)12-6-7-14(13(8-12)10-19)20-11-24(4)5/h6-9,11H,1-5H3,(H2,21,22,23,25). The highest BCUT2D eigenvalue weighted by Crippen LogP contribution is 2.26. The molecule has 1 amide bonds. The van der Waals surface area contributed by atoms with Crippen LogP contribution in [0.4, 0.5) is 16.3 Å². The van der Waals surface area contributed by atoms with Crippen LogP contribution in [0.15, 0.2) is 29.3 Å². The molecule has 136 valence electrons. The van der Waals surface area contributed by atoms with Crippen molar-refractivity contribution >= 4 is 23.9 Å². The van der Waals surface area contributed by atoms with E-state index >= 15 is 0 Å². The number of amides is 1. The number of anilines is 1. The van der Waals surface area contributed by atoms with Gasteiger partial charge in [0.1, 0.15) is 11.7 Å². The van der Waals surface area contributed by atoms with Gasteiger partial charge >= 0.3 is 6.09 Å². The third-order valence-electron chi connectivity index (χ3n) is 3.06. The molecule has 1 aromatic heterocycles. The van der Waals surface area contributed by atoms with Gasteiger partial charge in [-0.1, -0.05) is 6.07 Å². The van der Waals surface area contributed by atoms with Crippen molar-refractivity contribution in [1.82, 2.24) is 15.1 Å². The molecule has 0 bridgehead atoms. The number of hydrogen-bond acceptors (Lipinski definition) is 5. The average Bonchev–Trinajstić information content (AvgIpc) is 2.99. The minimum Gasteiger partial charge on any atom is -0.444 e. The van der Waals surface area contributed by atoms with Gasteiger partial charge < -0.3 is 9.64 Å². The van der Waals surface area contributed by atoms with Crippen LogP contribution in [0.5, 0.6) is 0 Å². The van der Waals surface area contributed by atoms with E-state index in [-0.39, 0.29) is 0 Å². The zero-order valence-corrected chi connectivity index (χ0v) is 15.5. The van der Waals surface area contributed by atoms with E-state index in [1.54, 1.807) is 50.2 Å². The Morgan fingerprint density at radius 1 is 1.38 bits per heavy atom. The summed E-state index contributed by atoms with van der Waals surface area (Å²) in [4.78, 5) is 17.9. The Balaban J connectivity index is 2.18. The average molecular weight is 354 g/mol. The summed E-state index contributed by atoms with van der Waals surface area (Å²) >= 11 is 0. The quantitative estimate of drug-likeness (QED) is 0.645. The zero-order chi connectivity index (χ0) is 19.3. The Labute approximate surface area is 152 Å². The minimum absolute atomic E-state index is 0.336. The highest BCUT2D eigenvalue weighted by Gasteiger charge is 2.17. The molecule has 8 nitrogen and oxygen atoms in total. The van der Waals surface area contributed by atoms with E-state index in [0.29, 0.717) is 22.8 Å². The Bertz CT molecular complexity index is 855. The van der Waals surface area contributed by atoms with Crippen molar-refractivity contribution in [3.63, 3.8) is 0 Å². The van der Waals surface area contributed by atoms with Crippen molar-refractivity contribution in [2.75, 3.05) is 19.4 Å². The number of rotatable bonds is 4.